The van der Waals surface area contributed by atoms with Crippen LogP contribution in [0.3, 0.4) is 0 Å². The fraction of sp³-hybridized carbons (Fsp3) is 0.227. The van der Waals surface area contributed by atoms with Gasteiger partial charge >= 0.3 is 12.3 Å². The number of amides is 1. The van der Waals surface area contributed by atoms with E-state index in [1.54, 1.807) is 51.2 Å². The largest absolute Gasteiger partial charge is 0.444 e. The molecule has 3 aromatic rings. The quantitative estimate of drug-likeness (QED) is 0.484. The Morgan fingerprint density at radius 3 is 2.13 bits per heavy atom. The Morgan fingerprint density at radius 2 is 1.55 bits per heavy atom. The number of anilines is 1. The third kappa shape index (κ3) is 6.45. The Bertz CT molecular complexity index is 1050. The van der Waals surface area contributed by atoms with E-state index < -0.39 is 23.4 Å². The normalized spacial score (nSPS) is 11.8. The molecule has 162 valence electrons. The van der Waals surface area contributed by atoms with Crippen molar-refractivity contribution in [2.45, 2.75) is 42.5 Å². The average Bonchev–Trinajstić information content (AvgIpc) is 2.67. The molecule has 9 heteroatoms. The van der Waals surface area contributed by atoms with Gasteiger partial charge in [0.25, 0.3) is 0 Å². The van der Waals surface area contributed by atoms with E-state index in [0.29, 0.717) is 21.3 Å². The molecule has 0 atom stereocenters. The molecule has 0 aliphatic carbocycles. The number of hydrogen-bond donors (Lipinski definition) is 1. The molecule has 0 radical (unpaired) electrons. The fourth-order valence-corrected chi connectivity index (χ4v) is 3.43. The van der Waals surface area contributed by atoms with Gasteiger partial charge in [-0.2, -0.15) is 13.2 Å². The van der Waals surface area contributed by atoms with Crippen molar-refractivity contribution in [1.29, 1.82) is 0 Å². The molecule has 0 saturated heterocycles. The molecule has 0 saturated carbocycles. The number of hydrogen-bond acceptors (Lipinski definition) is 5. The number of benzene rings is 2. The minimum absolute atomic E-state index is 0.551. The SMILES string of the molecule is CC(C)(C)OC(=O)Nc1ccc(-c2nccnc2Sc2ccc(C(F)(F)F)cc2)cc1. The molecule has 1 aromatic heterocycles. The Morgan fingerprint density at radius 1 is 0.935 bits per heavy atom. The topological polar surface area (TPSA) is 64.1 Å². The number of aromatic nitrogens is 2. The van der Waals surface area contributed by atoms with Crippen molar-refractivity contribution < 1.29 is 22.7 Å². The lowest BCUT2D eigenvalue weighted by Crippen LogP contribution is -2.27. The second-order valence-electron chi connectivity index (χ2n) is 7.54. The van der Waals surface area contributed by atoms with Gasteiger partial charge in [-0.3, -0.25) is 10.3 Å². The summed E-state index contributed by atoms with van der Waals surface area (Å²) >= 11 is 1.22. The van der Waals surface area contributed by atoms with E-state index in [2.05, 4.69) is 15.3 Å². The number of nitrogens with one attached hydrogen (secondary N) is 1. The fourth-order valence-electron chi connectivity index (χ4n) is 2.55. The summed E-state index contributed by atoms with van der Waals surface area (Å²) in [4.78, 5) is 21.2. The minimum Gasteiger partial charge on any atom is -0.444 e. The molecule has 3 rings (SSSR count). The third-order valence-electron chi connectivity index (χ3n) is 3.86. The second-order valence-corrected chi connectivity index (χ2v) is 8.60. The highest BCUT2D eigenvalue weighted by Crippen LogP contribution is 2.35. The zero-order chi connectivity index (χ0) is 22.6. The molecule has 2 aromatic carbocycles. The lowest BCUT2D eigenvalue weighted by Gasteiger charge is -2.19. The van der Waals surface area contributed by atoms with Gasteiger partial charge in [0.15, 0.2) is 0 Å². The zero-order valence-corrected chi connectivity index (χ0v) is 17.8. The Balaban J connectivity index is 1.76. The second kappa shape index (κ2) is 8.97. The van der Waals surface area contributed by atoms with Crippen molar-refractivity contribution in [3.63, 3.8) is 0 Å². The maximum Gasteiger partial charge on any atom is 0.416 e. The van der Waals surface area contributed by atoms with Gasteiger partial charge in [-0.25, -0.2) is 9.78 Å². The Hall–Kier alpha value is -3.07. The van der Waals surface area contributed by atoms with Gasteiger partial charge in [0, 0.05) is 28.5 Å². The van der Waals surface area contributed by atoms with Crippen LogP contribution in [-0.4, -0.2) is 21.7 Å². The third-order valence-corrected chi connectivity index (χ3v) is 4.86. The summed E-state index contributed by atoms with van der Waals surface area (Å²) in [5.74, 6) is 0. The molecular formula is C22H20F3N3O2S. The zero-order valence-electron chi connectivity index (χ0n) is 17.0. The monoisotopic (exact) mass is 447 g/mol. The van der Waals surface area contributed by atoms with Crippen LogP contribution in [0.15, 0.2) is 70.8 Å². The van der Waals surface area contributed by atoms with Crippen LogP contribution in [0.2, 0.25) is 0 Å². The molecule has 0 unspecified atom stereocenters. The molecule has 0 spiro atoms. The van der Waals surface area contributed by atoms with Crippen molar-refractivity contribution in [3.8, 4) is 11.3 Å². The van der Waals surface area contributed by atoms with Crippen molar-refractivity contribution in [1.82, 2.24) is 9.97 Å². The summed E-state index contributed by atoms with van der Waals surface area (Å²) in [5.41, 5.74) is 0.574. The van der Waals surface area contributed by atoms with Gasteiger partial charge in [0.05, 0.1) is 5.56 Å². The summed E-state index contributed by atoms with van der Waals surface area (Å²) in [6.45, 7) is 5.33. The summed E-state index contributed by atoms with van der Waals surface area (Å²) in [6, 6.07) is 11.8. The summed E-state index contributed by atoms with van der Waals surface area (Å²) < 4.78 is 43.5. The van der Waals surface area contributed by atoms with Gasteiger partial charge in [-0.05, 0) is 57.2 Å². The van der Waals surface area contributed by atoms with Gasteiger partial charge < -0.3 is 4.74 Å². The number of rotatable bonds is 4. The van der Waals surface area contributed by atoms with Crippen LogP contribution in [0, 0.1) is 0 Å². The Kier molecular flexibility index (Phi) is 6.54. The van der Waals surface area contributed by atoms with Crippen molar-refractivity contribution >= 4 is 23.5 Å². The minimum atomic E-state index is -4.38. The van der Waals surface area contributed by atoms with Crippen molar-refractivity contribution in [3.05, 3.63) is 66.5 Å². The van der Waals surface area contributed by atoms with Crippen LogP contribution >= 0.6 is 11.8 Å². The van der Waals surface area contributed by atoms with Crippen LogP contribution in [0.1, 0.15) is 26.3 Å². The van der Waals surface area contributed by atoms with Crippen LogP contribution in [0.25, 0.3) is 11.3 Å². The first-order valence-electron chi connectivity index (χ1n) is 9.28. The molecule has 0 bridgehead atoms. The molecule has 1 amide bonds. The number of nitrogens with zero attached hydrogens (tertiary/aromatic N) is 2. The molecule has 5 nitrogen and oxygen atoms in total. The first-order valence-corrected chi connectivity index (χ1v) is 10.1. The first kappa shape index (κ1) is 22.6. The van der Waals surface area contributed by atoms with E-state index in [1.165, 1.54) is 30.1 Å². The highest BCUT2D eigenvalue weighted by atomic mass is 32.2. The van der Waals surface area contributed by atoms with Crippen molar-refractivity contribution in [2.75, 3.05) is 5.32 Å². The maximum absolute atomic E-state index is 12.8. The van der Waals surface area contributed by atoms with E-state index in [1.807, 2.05) is 0 Å². The lowest BCUT2D eigenvalue weighted by atomic mass is 10.1. The lowest BCUT2D eigenvalue weighted by molar-refractivity contribution is -0.137. The van der Waals surface area contributed by atoms with Gasteiger partial charge in [-0.15, -0.1) is 0 Å². The molecule has 1 heterocycles. The molecule has 0 aliphatic rings. The van der Waals surface area contributed by atoms with Gasteiger partial charge in [-0.1, -0.05) is 23.9 Å². The highest BCUT2D eigenvalue weighted by molar-refractivity contribution is 7.99. The predicted molar refractivity (Wildman–Crippen MR) is 113 cm³/mol. The maximum atomic E-state index is 12.8. The summed E-state index contributed by atoms with van der Waals surface area (Å²) in [6.07, 6.45) is -1.87. The van der Waals surface area contributed by atoms with Crippen LogP contribution in [-0.2, 0) is 10.9 Å². The number of carbonyl (C=O) groups excluding carboxylic acids is 1. The Labute approximate surface area is 182 Å². The van der Waals surface area contributed by atoms with Gasteiger partial charge in [0.1, 0.15) is 16.3 Å². The molecule has 31 heavy (non-hydrogen) atoms. The summed E-state index contributed by atoms with van der Waals surface area (Å²) in [7, 11) is 0. The number of alkyl halides is 3. The summed E-state index contributed by atoms with van der Waals surface area (Å²) in [5, 5.41) is 3.21. The van der Waals surface area contributed by atoms with E-state index in [9.17, 15) is 18.0 Å². The standard InChI is InChI=1S/C22H20F3N3O2S/c1-21(2,3)30-20(29)28-16-8-4-14(5-9-16)18-19(27-13-12-26-18)31-17-10-6-15(7-11-17)22(23,24)25/h4-13H,1-3H3,(H,28,29). The number of ether oxygens (including phenoxy) is 1. The van der Waals surface area contributed by atoms with Crippen molar-refractivity contribution in [2.24, 2.45) is 0 Å². The van der Waals surface area contributed by atoms with Crippen LogP contribution in [0.5, 0.6) is 0 Å². The van der Waals surface area contributed by atoms with Crippen LogP contribution < -0.4 is 5.32 Å². The molecular weight excluding hydrogens is 427 g/mol. The first-order chi connectivity index (χ1) is 14.5. The predicted octanol–water partition coefficient (Wildman–Crippen LogP) is 6.66. The van der Waals surface area contributed by atoms with Crippen LogP contribution in [0.4, 0.5) is 23.7 Å². The molecule has 0 aliphatic heterocycles. The number of halogens is 3. The van der Waals surface area contributed by atoms with E-state index in [-0.39, 0.29) is 0 Å². The highest BCUT2D eigenvalue weighted by Gasteiger charge is 2.30. The average molecular weight is 447 g/mol. The smallest absolute Gasteiger partial charge is 0.416 e. The van der Waals surface area contributed by atoms with E-state index in [0.717, 1.165) is 17.7 Å². The van der Waals surface area contributed by atoms with E-state index in [4.69, 9.17) is 4.74 Å². The van der Waals surface area contributed by atoms with E-state index >= 15 is 0 Å². The van der Waals surface area contributed by atoms with Gasteiger partial charge in [0.2, 0.25) is 0 Å². The molecule has 0 fully saturated rings. The molecule has 1 N–H and O–H groups in total. The number of carbonyl (C=O) groups is 1.